The Morgan fingerprint density at radius 2 is 1.30 bits per heavy atom. The molecule has 4 aliphatic heterocycles. The summed E-state index contributed by atoms with van der Waals surface area (Å²) in [5.74, 6) is 0. The summed E-state index contributed by atoms with van der Waals surface area (Å²) in [4.78, 5) is 8.69. The highest BCUT2D eigenvalue weighted by Gasteiger charge is 2.26. The van der Waals surface area contributed by atoms with E-state index in [4.69, 9.17) is 28.9 Å². The third-order valence-electron chi connectivity index (χ3n) is 4.50. The molecule has 0 bridgehead atoms. The molecule has 0 aromatic heterocycles. The van der Waals surface area contributed by atoms with Gasteiger partial charge in [0.05, 0.1) is 38.1 Å². The highest BCUT2D eigenvalue weighted by atomic mass is 31.2. The fraction of sp³-hybridized carbons (Fsp3) is 0.714. The van der Waals surface area contributed by atoms with Crippen molar-refractivity contribution in [1.29, 1.82) is 0 Å². The minimum Gasteiger partial charge on any atom is -0.394 e. The van der Waals surface area contributed by atoms with Gasteiger partial charge in [-0.15, -0.1) is 0 Å². The molecule has 1 saturated heterocycles. The van der Waals surface area contributed by atoms with Gasteiger partial charge in [0.1, 0.15) is 0 Å². The Labute approximate surface area is 197 Å². The Kier molecular flexibility index (Phi) is 13.9. The van der Waals surface area contributed by atoms with Gasteiger partial charge >= 0.3 is 0 Å². The van der Waals surface area contributed by atoms with E-state index >= 15 is 0 Å². The second-order valence-corrected chi connectivity index (χ2v) is 16.0. The molecule has 0 radical (unpaired) electrons. The first kappa shape index (κ1) is 30.7. The molecule has 0 aliphatic carbocycles. The van der Waals surface area contributed by atoms with E-state index in [1.807, 2.05) is 24.3 Å². The molecule has 33 heavy (non-hydrogen) atoms. The minimum absolute atomic E-state index is 0.0655. The quantitative estimate of drug-likeness (QED) is 0.267. The first-order valence-electron chi connectivity index (χ1n) is 11.0. The van der Waals surface area contributed by atoms with E-state index < -0.39 is 28.2 Å². The summed E-state index contributed by atoms with van der Waals surface area (Å²) in [5.41, 5.74) is 0. The van der Waals surface area contributed by atoms with Crippen LogP contribution in [-0.4, -0.2) is 90.2 Å². The molecule has 192 valence electrons. The summed E-state index contributed by atoms with van der Waals surface area (Å²) >= 11 is 0. The van der Waals surface area contributed by atoms with E-state index in [1.54, 1.807) is 26.0 Å². The van der Waals surface area contributed by atoms with Gasteiger partial charge in [-0.25, -0.2) is 0 Å². The Balaban J connectivity index is 0.000000232. The van der Waals surface area contributed by atoms with E-state index in [-0.39, 0.29) is 19.3 Å². The number of hydrogen-bond acceptors (Lipinski definition) is 8. The lowest BCUT2D eigenvalue weighted by Crippen LogP contribution is -2.11. The Morgan fingerprint density at radius 1 is 0.909 bits per heavy atom. The first-order chi connectivity index (χ1) is 15.4. The fourth-order valence-corrected chi connectivity index (χ4v) is 7.41. The topological polar surface area (TPSA) is 143 Å². The summed E-state index contributed by atoms with van der Waals surface area (Å²) in [6.07, 6.45) is 13.6. The van der Waals surface area contributed by atoms with E-state index in [1.165, 1.54) is 0 Å². The highest BCUT2D eigenvalue weighted by molar-refractivity contribution is 7.60. The summed E-state index contributed by atoms with van der Waals surface area (Å²) in [6, 6.07) is 0. The molecule has 0 amide bonds. The van der Waals surface area contributed by atoms with Crippen LogP contribution in [0, 0.1) is 0 Å². The first-order valence-corrected chi connectivity index (χ1v) is 17.1. The van der Waals surface area contributed by atoms with Crippen LogP contribution in [0.15, 0.2) is 36.5 Å². The normalized spacial score (nSPS) is 26.2. The lowest BCUT2D eigenvalue weighted by Gasteiger charge is -2.16. The molecule has 4 heterocycles. The molecule has 4 rings (SSSR count). The SMILES string of the molecule is CC(CO)OP1(=O)CC=CC1.CC(O)COP1(=O)CC=CC1.CC1CO1.O=P1(O)CC=CC1. The molecule has 9 nitrogen and oxygen atoms in total. The molecule has 3 atom stereocenters. The number of ether oxygens (including phenoxy) is 1. The van der Waals surface area contributed by atoms with Gasteiger partial charge in [-0.05, 0) is 20.8 Å². The molecular weight excluding hydrogens is 489 g/mol. The van der Waals surface area contributed by atoms with Gasteiger partial charge in [0.15, 0.2) is 0 Å². The van der Waals surface area contributed by atoms with Crippen LogP contribution in [-0.2, 0) is 27.5 Å². The number of rotatable bonds is 6. The Bertz CT molecular complexity index is 767. The number of aliphatic hydroxyl groups is 2. The maximum absolute atomic E-state index is 11.6. The summed E-state index contributed by atoms with van der Waals surface area (Å²) in [6.45, 7) is 6.50. The van der Waals surface area contributed by atoms with Crippen LogP contribution in [0.4, 0.5) is 0 Å². The molecule has 12 heteroatoms. The maximum Gasteiger partial charge on any atom is 0.210 e. The summed E-state index contributed by atoms with van der Waals surface area (Å²) in [5, 5.41) is 17.5. The highest BCUT2D eigenvalue weighted by Crippen LogP contribution is 2.51. The zero-order chi connectivity index (χ0) is 25.0. The minimum atomic E-state index is -2.65. The van der Waals surface area contributed by atoms with Crippen molar-refractivity contribution in [2.24, 2.45) is 0 Å². The van der Waals surface area contributed by atoms with Crippen molar-refractivity contribution in [3.8, 4) is 0 Å². The standard InChI is InChI=1S/2C7H13O3P.C4H7O2P.C3H6O/c1-7(8)6-10-11(9)4-2-3-5-11;1-7(6-8)10-11(9)4-2-3-5-11;5-7(6)3-1-2-4-7;1-3-2-4-3/h2*2-3,7-8H,4-6H2,1H3;1-2H,3-4H2,(H,5,6);3H,2H2,1H3. The van der Waals surface area contributed by atoms with Gasteiger partial charge in [0, 0.05) is 37.0 Å². The number of aliphatic hydroxyl groups excluding tert-OH is 2. The predicted octanol–water partition coefficient (Wildman–Crippen LogP) is 3.70. The lowest BCUT2D eigenvalue weighted by atomic mass is 10.5. The van der Waals surface area contributed by atoms with Crippen LogP contribution in [0.2, 0.25) is 0 Å². The van der Waals surface area contributed by atoms with E-state index in [0.717, 1.165) is 6.61 Å². The van der Waals surface area contributed by atoms with E-state index in [0.29, 0.717) is 43.1 Å². The molecule has 0 aromatic carbocycles. The van der Waals surface area contributed by atoms with Crippen LogP contribution in [0.1, 0.15) is 20.8 Å². The molecule has 4 aliphatic rings. The van der Waals surface area contributed by atoms with Crippen molar-refractivity contribution >= 4 is 22.1 Å². The molecule has 0 spiro atoms. The summed E-state index contributed by atoms with van der Waals surface area (Å²) < 4.78 is 48.6. The monoisotopic (exact) mass is 528 g/mol. The fourth-order valence-electron chi connectivity index (χ4n) is 2.54. The second-order valence-electron chi connectivity index (χ2n) is 8.37. The van der Waals surface area contributed by atoms with Crippen molar-refractivity contribution in [3.05, 3.63) is 36.5 Å². The average Bonchev–Trinajstić information content (AvgIpc) is 3.10. The second kappa shape index (κ2) is 14.9. The molecule has 0 aromatic rings. The summed E-state index contributed by atoms with van der Waals surface area (Å²) in [7, 11) is -7.46. The third-order valence-corrected chi connectivity index (χ3v) is 10.5. The van der Waals surface area contributed by atoms with Crippen molar-refractivity contribution in [2.75, 3.05) is 56.8 Å². The van der Waals surface area contributed by atoms with Gasteiger partial charge in [-0.1, -0.05) is 36.5 Å². The molecule has 3 N–H and O–H groups in total. The van der Waals surface area contributed by atoms with Crippen molar-refractivity contribution in [3.63, 3.8) is 0 Å². The molecular formula is C21H39O9P3. The molecule has 3 unspecified atom stereocenters. The molecule has 1 fully saturated rings. The van der Waals surface area contributed by atoms with E-state index in [2.05, 4.69) is 6.92 Å². The number of epoxide rings is 1. The van der Waals surface area contributed by atoms with Crippen molar-refractivity contribution in [1.82, 2.24) is 0 Å². The zero-order valence-corrected chi connectivity index (χ0v) is 22.4. The van der Waals surface area contributed by atoms with Gasteiger partial charge < -0.3 is 28.9 Å². The van der Waals surface area contributed by atoms with Crippen LogP contribution in [0.3, 0.4) is 0 Å². The van der Waals surface area contributed by atoms with Crippen molar-refractivity contribution < 1.29 is 42.6 Å². The zero-order valence-electron chi connectivity index (χ0n) is 19.7. The van der Waals surface area contributed by atoms with E-state index in [9.17, 15) is 13.7 Å². The lowest BCUT2D eigenvalue weighted by molar-refractivity contribution is 0.124. The smallest absolute Gasteiger partial charge is 0.210 e. The van der Waals surface area contributed by atoms with Crippen molar-refractivity contribution in [2.45, 2.75) is 39.1 Å². The Hall–Kier alpha value is -0.330. The van der Waals surface area contributed by atoms with Crippen LogP contribution in [0.25, 0.3) is 0 Å². The average molecular weight is 528 g/mol. The van der Waals surface area contributed by atoms with Gasteiger partial charge in [0.25, 0.3) is 0 Å². The van der Waals surface area contributed by atoms with Gasteiger partial charge in [-0.2, -0.15) is 0 Å². The maximum atomic E-state index is 11.6. The number of allylic oxidation sites excluding steroid dienone is 6. The van der Waals surface area contributed by atoms with Crippen LogP contribution in [0.5, 0.6) is 0 Å². The molecule has 0 saturated carbocycles. The Morgan fingerprint density at radius 3 is 1.61 bits per heavy atom. The van der Waals surface area contributed by atoms with Crippen LogP contribution < -0.4 is 0 Å². The predicted molar refractivity (Wildman–Crippen MR) is 132 cm³/mol. The third kappa shape index (κ3) is 15.3. The van der Waals surface area contributed by atoms with Crippen LogP contribution >= 0.6 is 22.1 Å². The van der Waals surface area contributed by atoms with Gasteiger partial charge in [-0.3, -0.25) is 13.7 Å². The largest absolute Gasteiger partial charge is 0.394 e. The van der Waals surface area contributed by atoms with Gasteiger partial charge in [0.2, 0.25) is 22.1 Å². The number of hydrogen-bond donors (Lipinski definition) is 3.